The topological polar surface area (TPSA) is 40.5 Å². The summed E-state index contributed by atoms with van der Waals surface area (Å²) in [5.74, 6) is -0.161. The van der Waals surface area contributed by atoms with E-state index in [4.69, 9.17) is 0 Å². The summed E-state index contributed by atoms with van der Waals surface area (Å²) in [6, 6.07) is 4.67. The van der Waals surface area contributed by atoms with E-state index in [2.05, 4.69) is 0 Å². The molecule has 1 aliphatic heterocycles. The Morgan fingerprint density at radius 2 is 1.70 bits per heavy atom. The fourth-order valence-electron chi connectivity index (χ4n) is 4.06. The van der Waals surface area contributed by atoms with Gasteiger partial charge in [-0.3, -0.25) is 4.79 Å². The number of hydrogen-bond donors (Lipinski definition) is 1. The molecule has 1 N–H and O–H groups in total. The smallest absolute Gasteiger partial charge is 0.389 e. The van der Waals surface area contributed by atoms with Crippen molar-refractivity contribution in [1.82, 2.24) is 0 Å². The van der Waals surface area contributed by atoms with E-state index in [1.54, 1.807) is 6.92 Å². The fraction of sp³-hybridized carbons (Fsp3) is 0.588. The number of amides is 1. The number of alkyl halides is 3. The lowest BCUT2D eigenvalue weighted by Gasteiger charge is -2.45. The number of halogens is 3. The predicted octanol–water partition coefficient (Wildman–Crippen LogP) is 3.75. The van der Waals surface area contributed by atoms with Crippen LogP contribution in [0.1, 0.15) is 44.6 Å². The van der Waals surface area contributed by atoms with E-state index in [0.717, 1.165) is 25.0 Å². The van der Waals surface area contributed by atoms with Crippen LogP contribution in [0.25, 0.3) is 0 Å². The summed E-state index contributed by atoms with van der Waals surface area (Å²) in [4.78, 5) is 14.5. The van der Waals surface area contributed by atoms with Crippen molar-refractivity contribution in [2.45, 2.75) is 50.8 Å². The highest BCUT2D eigenvalue weighted by atomic mass is 19.4. The van der Waals surface area contributed by atoms with Crippen LogP contribution in [0.4, 0.5) is 18.9 Å². The van der Waals surface area contributed by atoms with Gasteiger partial charge in [0, 0.05) is 12.2 Å². The molecule has 3 rings (SSSR count). The van der Waals surface area contributed by atoms with Crippen molar-refractivity contribution in [2.24, 2.45) is 5.41 Å². The third-order valence-electron chi connectivity index (χ3n) is 5.44. The lowest BCUT2D eigenvalue weighted by atomic mass is 9.69. The zero-order chi connectivity index (χ0) is 16.9. The van der Waals surface area contributed by atoms with Gasteiger partial charge in [0.15, 0.2) is 0 Å². The van der Waals surface area contributed by atoms with Crippen LogP contribution >= 0.6 is 0 Å². The maximum absolute atomic E-state index is 13.0. The molecule has 1 spiro atoms. The lowest BCUT2D eigenvalue weighted by molar-refractivity contribution is -0.145. The van der Waals surface area contributed by atoms with Crippen LogP contribution in [-0.2, 0) is 11.0 Å². The standard InChI is InChI=1S/C17H20F3NO2/c1-15(23)8-2-9-16(15)10-3-11-21(14(16)22)13-6-4-12(5-7-13)17(18,19)20/h4-7,23H,2-3,8-11H2,1H3/t15-,16+/m1/s1. The highest BCUT2D eigenvalue weighted by Gasteiger charge is 2.58. The van der Waals surface area contributed by atoms with E-state index in [-0.39, 0.29) is 5.91 Å². The monoisotopic (exact) mass is 327 g/mol. The summed E-state index contributed by atoms with van der Waals surface area (Å²) in [6.07, 6.45) is -1.01. The molecule has 1 amide bonds. The number of benzene rings is 1. The maximum atomic E-state index is 13.0. The number of carbonyl (C=O) groups is 1. The van der Waals surface area contributed by atoms with Gasteiger partial charge in [0.05, 0.1) is 16.6 Å². The van der Waals surface area contributed by atoms with Crippen LogP contribution < -0.4 is 4.90 Å². The summed E-state index contributed by atoms with van der Waals surface area (Å²) in [5.41, 5.74) is -2.11. The number of anilines is 1. The van der Waals surface area contributed by atoms with Gasteiger partial charge in [-0.1, -0.05) is 0 Å². The Bertz CT molecular complexity index is 609. The molecular formula is C17H20F3NO2. The Hall–Kier alpha value is -1.56. The summed E-state index contributed by atoms with van der Waals surface area (Å²) < 4.78 is 38.0. The first kappa shape index (κ1) is 16.3. The molecule has 1 saturated carbocycles. The Balaban J connectivity index is 1.90. The molecule has 0 unspecified atom stereocenters. The number of carbonyl (C=O) groups excluding carboxylic acids is 1. The molecule has 0 bridgehead atoms. The maximum Gasteiger partial charge on any atom is 0.416 e. The highest BCUT2D eigenvalue weighted by molar-refractivity contribution is 5.99. The molecule has 2 fully saturated rings. The molecule has 0 aromatic heterocycles. The minimum Gasteiger partial charge on any atom is -0.389 e. The second-order valence-electron chi connectivity index (χ2n) is 6.81. The molecule has 126 valence electrons. The summed E-state index contributed by atoms with van der Waals surface area (Å²) in [5, 5.41) is 10.7. The molecule has 1 aromatic carbocycles. The first-order chi connectivity index (χ1) is 10.7. The summed E-state index contributed by atoms with van der Waals surface area (Å²) in [6.45, 7) is 2.18. The largest absolute Gasteiger partial charge is 0.416 e. The second-order valence-corrected chi connectivity index (χ2v) is 6.81. The van der Waals surface area contributed by atoms with Crippen molar-refractivity contribution in [3.63, 3.8) is 0 Å². The molecule has 1 aliphatic carbocycles. The Kier molecular flexibility index (Phi) is 3.71. The molecule has 3 nitrogen and oxygen atoms in total. The van der Waals surface area contributed by atoms with Crippen molar-refractivity contribution in [2.75, 3.05) is 11.4 Å². The van der Waals surface area contributed by atoms with E-state index in [0.29, 0.717) is 31.5 Å². The molecule has 0 radical (unpaired) electrons. The highest BCUT2D eigenvalue weighted by Crippen LogP contribution is 2.52. The van der Waals surface area contributed by atoms with Gasteiger partial charge in [-0.2, -0.15) is 13.2 Å². The van der Waals surface area contributed by atoms with E-state index >= 15 is 0 Å². The average molecular weight is 327 g/mol. The number of hydrogen-bond acceptors (Lipinski definition) is 2. The van der Waals surface area contributed by atoms with Crippen LogP contribution in [0, 0.1) is 5.41 Å². The number of piperidine rings is 1. The average Bonchev–Trinajstić information content (AvgIpc) is 2.77. The van der Waals surface area contributed by atoms with Gasteiger partial charge < -0.3 is 10.0 Å². The molecule has 1 saturated heterocycles. The van der Waals surface area contributed by atoms with Crippen LogP contribution in [-0.4, -0.2) is 23.2 Å². The van der Waals surface area contributed by atoms with Gasteiger partial charge in [0.1, 0.15) is 0 Å². The van der Waals surface area contributed by atoms with Gasteiger partial charge in [-0.05, 0) is 63.3 Å². The normalized spacial score (nSPS) is 31.9. The Morgan fingerprint density at radius 3 is 2.22 bits per heavy atom. The van der Waals surface area contributed by atoms with E-state index in [1.165, 1.54) is 17.0 Å². The number of aliphatic hydroxyl groups is 1. The van der Waals surface area contributed by atoms with Gasteiger partial charge in [0.2, 0.25) is 5.91 Å². The van der Waals surface area contributed by atoms with E-state index in [1.807, 2.05) is 0 Å². The summed E-state index contributed by atoms with van der Waals surface area (Å²) >= 11 is 0. The van der Waals surface area contributed by atoms with Crippen LogP contribution in [0.15, 0.2) is 24.3 Å². The third-order valence-corrected chi connectivity index (χ3v) is 5.44. The first-order valence-corrected chi connectivity index (χ1v) is 7.89. The van der Waals surface area contributed by atoms with Crippen LogP contribution in [0.2, 0.25) is 0 Å². The minimum atomic E-state index is -4.39. The molecule has 1 aromatic rings. The number of rotatable bonds is 1. The number of nitrogens with zero attached hydrogens (tertiary/aromatic N) is 1. The molecule has 6 heteroatoms. The molecular weight excluding hydrogens is 307 g/mol. The Labute approximate surface area is 133 Å². The minimum absolute atomic E-state index is 0.161. The molecule has 2 aliphatic rings. The summed E-state index contributed by atoms with van der Waals surface area (Å²) in [7, 11) is 0. The fourth-order valence-corrected chi connectivity index (χ4v) is 4.06. The molecule has 1 heterocycles. The van der Waals surface area contributed by atoms with Crippen molar-refractivity contribution >= 4 is 11.6 Å². The quantitative estimate of drug-likeness (QED) is 0.853. The van der Waals surface area contributed by atoms with E-state index < -0.39 is 22.8 Å². The Morgan fingerprint density at radius 1 is 1.09 bits per heavy atom. The van der Waals surface area contributed by atoms with Crippen molar-refractivity contribution in [3.8, 4) is 0 Å². The van der Waals surface area contributed by atoms with Gasteiger partial charge >= 0.3 is 6.18 Å². The van der Waals surface area contributed by atoms with Crippen LogP contribution in [0.5, 0.6) is 0 Å². The third kappa shape index (κ3) is 2.53. The SMILES string of the molecule is C[C@@]1(O)CCC[C@@]12CCCN(c1ccc(C(F)(F)F)cc1)C2=O. The zero-order valence-electron chi connectivity index (χ0n) is 13.0. The van der Waals surface area contributed by atoms with E-state index in [9.17, 15) is 23.1 Å². The van der Waals surface area contributed by atoms with Gasteiger partial charge in [0.25, 0.3) is 0 Å². The second kappa shape index (κ2) is 5.23. The zero-order valence-corrected chi connectivity index (χ0v) is 13.0. The molecule has 23 heavy (non-hydrogen) atoms. The lowest BCUT2D eigenvalue weighted by Crippen LogP contribution is -2.57. The predicted molar refractivity (Wildman–Crippen MR) is 79.9 cm³/mol. The van der Waals surface area contributed by atoms with Crippen molar-refractivity contribution in [3.05, 3.63) is 29.8 Å². The van der Waals surface area contributed by atoms with Crippen molar-refractivity contribution in [1.29, 1.82) is 0 Å². The molecule has 2 atom stereocenters. The van der Waals surface area contributed by atoms with Crippen molar-refractivity contribution < 1.29 is 23.1 Å². The van der Waals surface area contributed by atoms with Gasteiger partial charge in [-0.15, -0.1) is 0 Å². The van der Waals surface area contributed by atoms with Crippen LogP contribution in [0.3, 0.4) is 0 Å². The first-order valence-electron chi connectivity index (χ1n) is 7.89. The van der Waals surface area contributed by atoms with Gasteiger partial charge in [-0.25, -0.2) is 0 Å².